The summed E-state index contributed by atoms with van der Waals surface area (Å²) in [5.74, 6) is 0.663. The molecule has 0 spiro atoms. The first-order valence-electron chi connectivity index (χ1n) is 5.91. The minimum Gasteiger partial charge on any atom is -0.386 e. The van der Waals surface area contributed by atoms with Crippen molar-refractivity contribution >= 4 is 15.9 Å². The number of aliphatic hydroxyl groups is 1. The Morgan fingerprint density at radius 2 is 1.93 bits per heavy atom. The van der Waals surface area contributed by atoms with E-state index < -0.39 is 5.60 Å². The Kier molecular flexibility index (Phi) is 2.79. The maximum absolute atomic E-state index is 10.1. The Morgan fingerprint density at radius 1 is 1.27 bits per heavy atom. The van der Waals surface area contributed by atoms with Crippen molar-refractivity contribution in [1.82, 2.24) is 0 Å². The minimum atomic E-state index is -0.578. The van der Waals surface area contributed by atoms with Gasteiger partial charge in [0.1, 0.15) is 0 Å². The summed E-state index contributed by atoms with van der Waals surface area (Å²) in [7, 11) is 0. The molecule has 1 nitrogen and oxygen atoms in total. The summed E-state index contributed by atoms with van der Waals surface area (Å²) < 4.78 is 0. The summed E-state index contributed by atoms with van der Waals surface area (Å²) in [4.78, 5) is 0.488. The third-order valence-corrected chi connectivity index (χ3v) is 5.15. The van der Waals surface area contributed by atoms with Gasteiger partial charge in [-0.15, -0.1) is 0 Å². The molecule has 2 aliphatic rings. The fraction of sp³-hybridized carbons (Fsp3) is 0.846. The number of halogens is 1. The lowest BCUT2D eigenvalue weighted by Gasteiger charge is -2.47. The van der Waals surface area contributed by atoms with Gasteiger partial charge in [-0.3, -0.25) is 0 Å². The zero-order valence-corrected chi connectivity index (χ0v) is 11.5. The number of hydrogen-bond donors (Lipinski definition) is 1. The molecule has 0 heterocycles. The van der Waals surface area contributed by atoms with Crippen LogP contribution >= 0.6 is 15.9 Å². The molecule has 2 rings (SSSR count). The van der Waals surface area contributed by atoms with Gasteiger partial charge in [0.05, 0.1) is 5.60 Å². The molecule has 0 radical (unpaired) electrons. The van der Waals surface area contributed by atoms with Crippen LogP contribution in [0.15, 0.2) is 11.6 Å². The number of allylic oxidation sites excluding steroid dienone is 1. The van der Waals surface area contributed by atoms with Gasteiger partial charge >= 0.3 is 0 Å². The first-order valence-corrected chi connectivity index (χ1v) is 6.82. The van der Waals surface area contributed by atoms with Gasteiger partial charge in [-0.25, -0.2) is 0 Å². The second-order valence-corrected chi connectivity index (χ2v) is 7.19. The van der Waals surface area contributed by atoms with E-state index in [-0.39, 0.29) is 0 Å². The highest BCUT2D eigenvalue weighted by atomic mass is 79.9. The molecule has 0 aromatic carbocycles. The Labute approximate surface area is 101 Å². The van der Waals surface area contributed by atoms with Crippen LogP contribution in [0, 0.1) is 11.3 Å². The van der Waals surface area contributed by atoms with Gasteiger partial charge in [0.2, 0.25) is 0 Å². The first-order chi connectivity index (χ1) is 6.82. The summed E-state index contributed by atoms with van der Waals surface area (Å²) in [6.07, 6.45) is 6.64. The van der Waals surface area contributed by atoms with Gasteiger partial charge in [-0.1, -0.05) is 41.4 Å². The molecule has 1 N–H and O–H groups in total. The van der Waals surface area contributed by atoms with Crippen molar-refractivity contribution in [3.8, 4) is 0 Å². The largest absolute Gasteiger partial charge is 0.386 e. The van der Waals surface area contributed by atoms with E-state index in [1.807, 2.05) is 6.92 Å². The number of rotatable bonds is 0. The summed E-state index contributed by atoms with van der Waals surface area (Å²) in [5, 5.41) is 10.1. The predicted octanol–water partition coefficient (Wildman–Crippen LogP) is 3.66. The molecule has 0 bridgehead atoms. The van der Waals surface area contributed by atoms with Gasteiger partial charge in [-0.05, 0) is 43.9 Å². The zero-order chi connectivity index (χ0) is 11.3. The lowest BCUT2D eigenvalue weighted by atomic mass is 9.61. The SMILES string of the molecule is CC1(O)C=C2C(Br)CCC(C)(C)C2CC1. The van der Waals surface area contributed by atoms with Crippen LogP contribution in [0.4, 0.5) is 0 Å². The van der Waals surface area contributed by atoms with Crippen molar-refractivity contribution in [2.45, 2.75) is 56.9 Å². The average Bonchev–Trinajstić information content (AvgIpc) is 2.10. The van der Waals surface area contributed by atoms with Crippen molar-refractivity contribution in [2.24, 2.45) is 11.3 Å². The molecule has 0 aromatic rings. The molecule has 3 unspecified atom stereocenters. The Morgan fingerprint density at radius 3 is 2.60 bits per heavy atom. The first kappa shape index (κ1) is 11.7. The summed E-state index contributed by atoms with van der Waals surface area (Å²) in [6.45, 7) is 6.66. The van der Waals surface area contributed by atoms with E-state index in [4.69, 9.17) is 0 Å². The van der Waals surface area contributed by atoms with Crippen molar-refractivity contribution in [3.63, 3.8) is 0 Å². The molecule has 0 aromatic heterocycles. The second kappa shape index (κ2) is 3.59. The zero-order valence-electron chi connectivity index (χ0n) is 9.89. The molecule has 15 heavy (non-hydrogen) atoms. The molecule has 1 fully saturated rings. The van der Waals surface area contributed by atoms with Crippen LogP contribution < -0.4 is 0 Å². The van der Waals surface area contributed by atoms with Crippen LogP contribution in [-0.2, 0) is 0 Å². The van der Waals surface area contributed by atoms with E-state index in [1.54, 1.807) is 0 Å². The van der Waals surface area contributed by atoms with Crippen molar-refractivity contribution in [3.05, 3.63) is 11.6 Å². The van der Waals surface area contributed by atoms with Crippen molar-refractivity contribution in [2.75, 3.05) is 0 Å². The van der Waals surface area contributed by atoms with E-state index in [0.29, 0.717) is 16.2 Å². The van der Waals surface area contributed by atoms with E-state index in [0.717, 1.165) is 12.8 Å². The molecule has 86 valence electrons. The standard InChI is InChI=1S/C13H21BrO/c1-12(2)6-5-11(14)9-8-13(3,15)7-4-10(9)12/h8,10-11,15H,4-7H2,1-3H3. The fourth-order valence-corrected chi connectivity index (χ4v) is 3.81. The number of alkyl halides is 1. The van der Waals surface area contributed by atoms with Crippen LogP contribution in [0.25, 0.3) is 0 Å². The third-order valence-electron chi connectivity index (χ3n) is 4.17. The molecule has 2 aliphatic carbocycles. The molecule has 1 saturated carbocycles. The molecule has 0 aliphatic heterocycles. The van der Waals surface area contributed by atoms with Gasteiger partial charge in [-0.2, -0.15) is 0 Å². The van der Waals surface area contributed by atoms with Crippen LogP contribution in [0.1, 0.15) is 46.5 Å². The Hall–Kier alpha value is 0.180. The Bertz CT molecular complexity index is 291. The molecular formula is C13H21BrO. The van der Waals surface area contributed by atoms with Gasteiger partial charge in [0.15, 0.2) is 0 Å². The van der Waals surface area contributed by atoms with Gasteiger partial charge < -0.3 is 5.11 Å². The monoisotopic (exact) mass is 272 g/mol. The molecule has 0 saturated heterocycles. The summed E-state index contributed by atoms with van der Waals surface area (Å²) in [6, 6.07) is 0. The lowest BCUT2D eigenvalue weighted by Crippen LogP contribution is -2.40. The lowest BCUT2D eigenvalue weighted by molar-refractivity contribution is 0.0610. The van der Waals surface area contributed by atoms with Crippen LogP contribution in [0.3, 0.4) is 0 Å². The summed E-state index contributed by atoms with van der Waals surface area (Å²) >= 11 is 3.75. The molecule has 3 atom stereocenters. The minimum absolute atomic E-state index is 0.409. The van der Waals surface area contributed by atoms with E-state index in [9.17, 15) is 5.11 Å². The van der Waals surface area contributed by atoms with E-state index >= 15 is 0 Å². The summed E-state index contributed by atoms with van der Waals surface area (Å²) in [5.41, 5.74) is 1.28. The highest BCUT2D eigenvalue weighted by Crippen LogP contribution is 2.51. The van der Waals surface area contributed by atoms with Crippen LogP contribution in [0.5, 0.6) is 0 Å². The normalized spacial score (nSPS) is 44.5. The maximum atomic E-state index is 10.1. The average molecular weight is 273 g/mol. The predicted molar refractivity (Wildman–Crippen MR) is 67.2 cm³/mol. The van der Waals surface area contributed by atoms with Gasteiger partial charge in [0, 0.05) is 4.83 Å². The van der Waals surface area contributed by atoms with E-state index in [1.165, 1.54) is 18.4 Å². The van der Waals surface area contributed by atoms with E-state index in [2.05, 4.69) is 35.9 Å². The Balaban J connectivity index is 2.34. The van der Waals surface area contributed by atoms with Crippen molar-refractivity contribution in [1.29, 1.82) is 0 Å². The molecule has 0 amide bonds. The number of fused-ring (bicyclic) bond motifs is 1. The van der Waals surface area contributed by atoms with Crippen LogP contribution in [0.2, 0.25) is 0 Å². The fourth-order valence-electron chi connectivity index (χ4n) is 3.13. The molecular weight excluding hydrogens is 252 g/mol. The highest BCUT2D eigenvalue weighted by molar-refractivity contribution is 9.09. The van der Waals surface area contributed by atoms with Crippen LogP contribution in [-0.4, -0.2) is 15.5 Å². The maximum Gasteiger partial charge on any atom is 0.0803 e. The topological polar surface area (TPSA) is 20.2 Å². The second-order valence-electron chi connectivity index (χ2n) is 6.09. The smallest absolute Gasteiger partial charge is 0.0803 e. The quantitative estimate of drug-likeness (QED) is 0.527. The van der Waals surface area contributed by atoms with Gasteiger partial charge in [0.25, 0.3) is 0 Å². The number of hydrogen-bond acceptors (Lipinski definition) is 1. The highest BCUT2D eigenvalue weighted by Gasteiger charge is 2.43. The molecule has 2 heteroatoms. The van der Waals surface area contributed by atoms with Crippen molar-refractivity contribution < 1.29 is 5.11 Å². The third kappa shape index (κ3) is 2.16.